The second-order valence-corrected chi connectivity index (χ2v) is 5.89. The fourth-order valence-corrected chi connectivity index (χ4v) is 2.91. The lowest BCUT2D eigenvalue weighted by Gasteiger charge is -2.22. The number of rotatable bonds is 6. The summed E-state index contributed by atoms with van der Waals surface area (Å²) in [5.74, 6) is 0.638. The third kappa shape index (κ3) is 4.49. The van der Waals surface area contributed by atoms with Gasteiger partial charge in [0.2, 0.25) is 0 Å². The van der Waals surface area contributed by atoms with E-state index in [9.17, 15) is 4.79 Å². The molecule has 0 unspecified atom stereocenters. The summed E-state index contributed by atoms with van der Waals surface area (Å²) in [6.07, 6.45) is 2.39. The molecule has 1 aliphatic rings. The molecule has 0 aromatic heterocycles. The number of nitrogens with one attached hydrogen (secondary N) is 1. The van der Waals surface area contributed by atoms with Crippen molar-refractivity contribution >= 4 is 21.8 Å². The Labute approximate surface area is 128 Å². The third-order valence-corrected chi connectivity index (χ3v) is 4.10. The highest BCUT2D eigenvalue weighted by Gasteiger charge is 2.23. The van der Waals surface area contributed by atoms with Crippen molar-refractivity contribution in [3.8, 4) is 5.75 Å². The third-order valence-electron chi connectivity index (χ3n) is 3.61. The molecule has 0 radical (unpaired) electrons. The number of nitrogens with zero attached hydrogens (tertiary/aromatic N) is 1. The Bertz CT molecular complexity index is 453. The van der Waals surface area contributed by atoms with Crippen LogP contribution in [0.5, 0.6) is 5.75 Å². The standard InChI is InChI=1S/C15H21BrN2O2/c1-2-18-8-4-6-13(18)10-17-15(19)11-20-14-7-3-5-12(16)9-14/h3,5,7,9,13H,2,4,6,8,10-11H2,1H3,(H,17,19)/t13-/m0/s1. The molecule has 110 valence electrons. The Kier molecular flexibility index (Phi) is 5.86. The fourth-order valence-electron chi connectivity index (χ4n) is 2.53. The molecule has 4 nitrogen and oxygen atoms in total. The first kappa shape index (κ1) is 15.3. The lowest BCUT2D eigenvalue weighted by molar-refractivity contribution is -0.123. The van der Waals surface area contributed by atoms with E-state index in [0.29, 0.717) is 18.3 Å². The lowest BCUT2D eigenvalue weighted by atomic mass is 10.2. The molecule has 1 saturated heterocycles. The number of likely N-dealkylation sites (tertiary alicyclic amines) is 1. The average molecular weight is 341 g/mol. The molecule has 0 aliphatic carbocycles. The highest BCUT2D eigenvalue weighted by Crippen LogP contribution is 2.18. The second-order valence-electron chi connectivity index (χ2n) is 4.97. The first-order chi connectivity index (χ1) is 9.69. The highest BCUT2D eigenvalue weighted by molar-refractivity contribution is 9.10. The summed E-state index contributed by atoms with van der Waals surface area (Å²) in [6, 6.07) is 7.98. The molecule has 0 saturated carbocycles. The number of benzene rings is 1. The van der Waals surface area contributed by atoms with Gasteiger partial charge in [0.05, 0.1) is 0 Å². The van der Waals surface area contributed by atoms with E-state index in [0.717, 1.165) is 17.6 Å². The molecule has 1 heterocycles. The van der Waals surface area contributed by atoms with Crippen LogP contribution < -0.4 is 10.1 Å². The van der Waals surface area contributed by atoms with Crippen LogP contribution in [0.3, 0.4) is 0 Å². The topological polar surface area (TPSA) is 41.6 Å². The van der Waals surface area contributed by atoms with Crippen molar-refractivity contribution in [2.45, 2.75) is 25.8 Å². The van der Waals surface area contributed by atoms with Crippen molar-refractivity contribution < 1.29 is 9.53 Å². The van der Waals surface area contributed by atoms with Gasteiger partial charge in [-0.3, -0.25) is 9.69 Å². The number of likely N-dealkylation sites (N-methyl/N-ethyl adjacent to an activating group) is 1. The number of amides is 1. The fraction of sp³-hybridized carbons (Fsp3) is 0.533. The molecule has 1 fully saturated rings. The first-order valence-corrected chi connectivity index (χ1v) is 7.87. The van der Waals surface area contributed by atoms with Gasteiger partial charge in [-0.15, -0.1) is 0 Å². The monoisotopic (exact) mass is 340 g/mol. The van der Waals surface area contributed by atoms with E-state index in [2.05, 4.69) is 33.1 Å². The van der Waals surface area contributed by atoms with Crippen LogP contribution in [0.4, 0.5) is 0 Å². The number of carbonyl (C=O) groups is 1. The average Bonchev–Trinajstić information content (AvgIpc) is 2.90. The number of halogens is 1. The van der Waals surface area contributed by atoms with Crippen molar-refractivity contribution in [1.29, 1.82) is 0 Å². The largest absolute Gasteiger partial charge is 0.484 e. The number of ether oxygens (including phenoxy) is 1. The smallest absolute Gasteiger partial charge is 0.257 e. The summed E-state index contributed by atoms with van der Waals surface area (Å²) < 4.78 is 6.41. The van der Waals surface area contributed by atoms with Crippen molar-refractivity contribution in [1.82, 2.24) is 10.2 Å². The molecular formula is C15H21BrN2O2. The number of hydrogen-bond donors (Lipinski definition) is 1. The molecular weight excluding hydrogens is 320 g/mol. The Hall–Kier alpha value is -1.07. The van der Waals surface area contributed by atoms with Gasteiger partial charge in [0.25, 0.3) is 5.91 Å². The van der Waals surface area contributed by atoms with Crippen molar-refractivity contribution in [2.75, 3.05) is 26.2 Å². The maximum absolute atomic E-state index is 11.8. The maximum Gasteiger partial charge on any atom is 0.257 e. The van der Waals surface area contributed by atoms with E-state index in [-0.39, 0.29) is 12.5 Å². The minimum atomic E-state index is -0.0621. The SMILES string of the molecule is CCN1CCC[C@H]1CNC(=O)COc1cccc(Br)c1. The van der Waals surface area contributed by atoms with E-state index >= 15 is 0 Å². The van der Waals surface area contributed by atoms with E-state index < -0.39 is 0 Å². The van der Waals surface area contributed by atoms with Crippen LogP contribution in [0.25, 0.3) is 0 Å². The summed E-state index contributed by atoms with van der Waals surface area (Å²) in [5.41, 5.74) is 0. The van der Waals surface area contributed by atoms with E-state index in [4.69, 9.17) is 4.74 Å². The Morgan fingerprint density at radius 2 is 2.40 bits per heavy atom. The Morgan fingerprint density at radius 3 is 3.15 bits per heavy atom. The summed E-state index contributed by atoms with van der Waals surface area (Å²) in [6.45, 7) is 5.14. The maximum atomic E-state index is 11.8. The quantitative estimate of drug-likeness (QED) is 0.864. The summed E-state index contributed by atoms with van der Waals surface area (Å²) in [4.78, 5) is 14.2. The van der Waals surface area contributed by atoms with Crippen LogP contribution in [0, 0.1) is 0 Å². The molecule has 2 rings (SSSR count). The molecule has 1 aromatic carbocycles. The minimum absolute atomic E-state index is 0.0621. The van der Waals surface area contributed by atoms with Crippen LogP contribution in [-0.4, -0.2) is 43.1 Å². The minimum Gasteiger partial charge on any atom is -0.484 e. The van der Waals surface area contributed by atoms with Crippen LogP contribution in [0.2, 0.25) is 0 Å². The van der Waals surface area contributed by atoms with Gasteiger partial charge >= 0.3 is 0 Å². The van der Waals surface area contributed by atoms with Gasteiger partial charge in [-0.2, -0.15) is 0 Å². The predicted molar refractivity (Wildman–Crippen MR) is 82.9 cm³/mol. The molecule has 0 spiro atoms. The van der Waals surface area contributed by atoms with Gasteiger partial charge in [0, 0.05) is 17.1 Å². The van der Waals surface area contributed by atoms with Gasteiger partial charge in [0.1, 0.15) is 5.75 Å². The van der Waals surface area contributed by atoms with Crippen LogP contribution >= 0.6 is 15.9 Å². The Balaban J connectivity index is 1.70. The zero-order chi connectivity index (χ0) is 14.4. The normalized spacial score (nSPS) is 19.0. The molecule has 5 heteroatoms. The molecule has 0 bridgehead atoms. The van der Waals surface area contributed by atoms with E-state index in [1.165, 1.54) is 12.8 Å². The molecule has 20 heavy (non-hydrogen) atoms. The van der Waals surface area contributed by atoms with Crippen LogP contribution in [-0.2, 0) is 4.79 Å². The molecule has 1 aliphatic heterocycles. The molecule has 1 atom stereocenters. The summed E-state index contributed by atoms with van der Waals surface area (Å²) >= 11 is 3.37. The number of hydrogen-bond acceptors (Lipinski definition) is 3. The van der Waals surface area contributed by atoms with Gasteiger partial charge in [0.15, 0.2) is 6.61 Å². The predicted octanol–water partition coefficient (Wildman–Crippen LogP) is 2.43. The van der Waals surface area contributed by atoms with Crippen LogP contribution in [0.1, 0.15) is 19.8 Å². The zero-order valence-electron chi connectivity index (χ0n) is 11.8. The van der Waals surface area contributed by atoms with Gasteiger partial charge in [-0.05, 0) is 44.1 Å². The Morgan fingerprint density at radius 1 is 1.55 bits per heavy atom. The lowest BCUT2D eigenvalue weighted by Crippen LogP contribution is -2.41. The van der Waals surface area contributed by atoms with Gasteiger partial charge < -0.3 is 10.1 Å². The van der Waals surface area contributed by atoms with Crippen molar-refractivity contribution in [2.24, 2.45) is 0 Å². The van der Waals surface area contributed by atoms with Crippen molar-refractivity contribution in [3.63, 3.8) is 0 Å². The number of carbonyl (C=O) groups excluding carboxylic acids is 1. The zero-order valence-corrected chi connectivity index (χ0v) is 13.4. The molecule has 1 N–H and O–H groups in total. The van der Waals surface area contributed by atoms with Gasteiger partial charge in [-0.25, -0.2) is 0 Å². The molecule has 1 amide bonds. The second kappa shape index (κ2) is 7.64. The molecule has 1 aromatic rings. The summed E-state index contributed by atoms with van der Waals surface area (Å²) in [7, 11) is 0. The first-order valence-electron chi connectivity index (χ1n) is 7.08. The van der Waals surface area contributed by atoms with E-state index in [1.54, 1.807) is 0 Å². The van der Waals surface area contributed by atoms with Crippen molar-refractivity contribution in [3.05, 3.63) is 28.7 Å². The summed E-state index contributed by atoms with van der Waals surface area (Å²) in [5, 5.41) is 2.96. The van der Waals surface area contributed by atoms with E-state index in [1.807, 2.05) is 24.3 Å². The van der Waals surface area contributed by atoms with Gasteiger partial charge in [-0.1, -0.05) is 28.9 Å². The highest BCUT2D eigenvalue weighted by atomic mass is 79.9. The van der Waals surface area contributed by atoms with Crippen LogP contribution in [0.15, 0.2) is 28.7 Å².